The average Bonchev–Trinajstić information content (AvgIpc) is 2.74. The van der Waals surface area contributed by atoms with Gasteiger partial charge in [-0.25, -0.2) is 8.42 Å². The minimum Gasteiger partial charge on any atom is -0.354 e. The Labute approximate surface area is 199 Å². The number of carbonyl (C=O) groups is 2. The van der Waals surface area contributed by atoms with E-state index in [1.807, 2.05) is 38.1 Å². The summed E-state index contributed by atoms with van der Waals surface area (Å²) in [4.78, 5) is 27.4. The van der Waals surface area contributed by atoms with Gasteiger partial charge in [-0.1, -0.05) is 52.7 Å². The third kappa shape index (κ3) is 7.34. The van der Waals surface area contributed by atoms with Crippen molar-refractivity contribution in [1.82, 2.24) is 10.2 Å². The van der Waals surface area contributed by atoms with Gasteiger partial charge >= 0.3 is 0 Å². The molecular weight excluding hydrogens is 494 g/mol. The molecule has 1 atom stereocenters. The molecule has 0 bridgehead atoms. The third-order valence-corrected chi connectivity index (χ3v) is 6.65. The van der Waals surface area contributed by atoms with Crippen LogP contribution in [0, 0.1) is 6.92 Å². The van der Waals surface area contributed by atoms with Gasteiger partial charge in [0, 0.05) is 17.6 Å². The number of halogens is 1. The van der Waals surface area contributed by atoms with Crippen LogP contribution < -0.4 is 9.62 Å². The summed E-state index contributed by atoms with van der Waals surface area (Å²) in [6.07, 6.45) is 1.83. The molecule has 2 aromatic carbocycles. The molecule has 0 radical (unpaired) electrons. The van der Waals surface area contributed by atoms with Crippen molar-refractivity contribution in [3.8, 4) is 0 Å². The molecule has 9 heteroatoms. The summed E-state index contributed by atoms with van der Waals surface area (Å²) in [7, 11) is -3.73. The number of aryl methyl sites for hydroxylation is 1. The van der Waals surface area contributed by atoms with Crippen LogP contribution in [0.15, 0.2) is 53.0 Å². The van der Waals surface area contributed by atoms with Crippen molar-refractivity contribution < 1.29 is 18.0 Å². The highest BCUT2D eigenvalue weighted by Crippen LogP contribution is 2.21. The molecule has 0 aliphatic carbocycles. The van der Waals surface area contributed by atoms with Gasteiger partial charge < -0.3 is 10.2 Å². The van der Waals surface area contributed by atoms with Crippen LogP contribution in [0.5, 0.6) is 0 Å². The molecule has 2 aromatic rings. The van der Waals surface area contributed by atoms with Crippen LogP contribution in [0.1, 0.15) is 31.4 Å². The summed E-state index contributed by atoms with van der Waals surface area (Å²) in [5, 5.41) is 2.81. The van der Waals surface area contributed by atoms with Crippen LogP contribution in [0.25, 0.3) is 0 Å². The summed E-state index contributed by atoms with van der Waals surface area (Å²) in [6, 6.07) is 13.6. The molecule has 1 unspecified atom stereocenters. The largest absolute Gasteiger partial charge is 0.354 e. The van der Waals surface area contributed by atoms with Gasteiger partial charge in [0.15, 0.2) is 0 Å². The molecule has 0 saturated heterocycles. The van der Waals surface area contributed by atoms with Crippen molar-refractivity contribution in [2.75, 3.05) is 23.7 Å². The zero-order valence-corrected chi connectivity index (χ0v) is 21.2. The van der Waals surface area contributed by atoms with Gasteiger partial charge in [-0.3, -0.25) is 13.9 Å². The molecule has 0 spiro atoms. The number of anilines is 1. The lowest BCUT2D eigenvalue weighted by Gasteiger charge is -2.31. The predicted molar refractivity (Wildman–Crippen MR) is 131 cm³/mol. The Hall–Kier alpha value is -2.39. The van der Waals surface area contributed by atoms with Crippen molar-refractivity contribution in [3.63, 3.8) is 0 Å². The monoisotopic (exact) mass is 523 g/mol. The second-order valence-corrected chi connectivity index (χ2v) is 10.5. The van der Waals surface area contributed by atoms with E-state index in [9.17, 15) is 18.0 Å². The Kier molecular flexibility index (Phi) is 9.27. The highest BCUT2D eigenvalue weighted by Gasteiger charge is 2.29. The predicted octanol–water partition coefficient (Wildman–Crippen LogP) is 3.47. The summed E-state index contributed by atoms with van der Waals surface area (Å²) in [6.45, 7) is 5.86. The first-order valence-electron chi connectivity index (χ1n) is 10.4. The van der Waals surface area contributed by atoms with Crippen molar-refractivity contribution in [2.24, 2.45) is 0 Å². The first kappa shape index (κ1) is 25.9. The fourth-order valence-corrected chi connectivity index (χ4v) is 4.20. The third-order valence-electron chi connectivity index (χ3n) is 4.98. The van der Waals surface area contributed by atoms with Gasteiger partial charge in [0.05, 0.1) is 11.9 Å². The highest BCUT2D eigenvalue weighted by atomic mass is 79.9. The molecule has 0 saturated carbocycles. The molecule has 2 amide bonds. The molecule has 1 N–H and O–H groups in total. The van der Waals surface area contributed by atoms with Crippen LogP contribution >= 0.6 is 15.9 Å². The number of rotatable bonds is 10. The Bertz CT molecular complexity index is 1020. The Balaban J connectivity index is 2.34. The molecule has 174 valence electrons. The fourth-order valence-electron chi connectivity index (χ4n) is 3.09. The Morgan fingerprint density at radius 3 is 2.19 bits per heavy atom. The SMILES string of the molecule is CCCNC(=O)C(C)N(Cc1ccc(C)cc1)C(=O)CN(c1ccc(Br)cc1)S(C)(=O)=O. The fraction of sp³-hybridized carbons (Fsp3) is 0.391. The topological polar surface area (TPSA) is 86.8 Å². The van der Waals surface area contributed by atoms with Gasteiger partial charge in [-0.05, 0) is 50.1 Å². The highest BCUT2D eigenvalue weighted by molar-refractivity contribution is 9.10. The maximum Gasteiger partial charge on any atom is 0.244 e. The number of nitrogens with one attached hydrogen (secondary N) is 1. The lowest BCUT2D eigenvalue weighted by molar-refractivity contribution is -0.139. The number of amides is 2. The second kappa shape index (κ2) is 11.5. The first-order valence-corrected chi connectivity index (χ1v) is 13.0. The Morgan fingerprint density at radius 2 is 1.66 bits per heavy atom. The van der Waals surface area contributed by atoms with Crippen molar-refractivity contribution >= 4 is 43.5 Å². The van der Waals surface area contributed by atoms with Gasteiger partial charge in [0.25, 0.3) is 0 Å². The van der Waals surface area contributed by atoms with Crippen molar-refractivity contribution in [1.29, 1.82) is 0 Å². The molecule has 0 aliphatic heterocycles. The van der Waals surface area contributed by atoms with Gasteiger partial charge in [0.2, 0.25) is 21.8 Å². The van der Waals surface area contributed by atoms with E-state index in [4.69, 9.17) is 0 Å². The number of hydrogen-bond donors (Lipinski definition) is 1. The maximum atomic E-state index is 13.4. The number of carbonyl (C=O) groups excluding carboxylic acids is 2. The molecule has 0 aromatic heterocycles. The Morgan fingerprint density at radius 1 is 1.06 bits per heavy atom. The van der Waals surface area contributed by atoms with E-state index >= 15 is 0 Å². The van der Waals surface area contributed by atoms with Crippen molar-refractivity contribution in [2.45, 2.75) is 39.8 Å². The van der Waals surface area contributed by atoms with E-state index < -0.39 is 28.5 Å². The second-order valence-electron chi connectivity index (χ2n) is 7.72. The lowest BCUT2D eigenvalue weighted by atomic mass is 10.1. The molecule has 0 fully saturated rings. The number of benzene rings is 2. The van der Waals surface area contributed by atoms with Crippen molar-refractivity contribution in [3.05, 3.63) is 64.1 Å². The minimum atomic E-state index is -3.73. The average molecular weight is 524 g/mol. The molecular formula is C23H30BrN3O4S. The van der Waals surface area contributed by atoms with Gasteiger partial charge in [0.1, 0.15) is 12.6 Å². The summed E-state index contributed by atoms with van der Waals surface area (Å²) < 4.78 is 26.8. The molecule has 0 aliphatic rings. The molecule has 32 heavy (non-hydrogen) atoms. The van der Waals surface area contributed by atoms with Crippen LogP contribution in [0.3, 0.4) is 0 Å². The number of sulfonamides is 1. The number of nitrogens with zero attached hydrogens (tertiary/aromatic N) is 2. The van der Waals surface area contributed by atoms with E-state index in [0.717, 1.165) is 32.6 Å². The molecule has 2 rings (SSSR count). The quantitative estimate of drug-likeness (QED) is 0.516. The zero-order valence-electron chi connectivity index (χ0n) is 18.8. The molecule has 7 nitrogen and oxygen atoms in total. The normalized spacial score (nSPS) is 12.2. The standard InChI is InChI=1S/C23H30BrN3O4S/c1-5-14-25-23(29)18(3)26(15-19-8-6-17(2)7-9-19)22(28)16-27(32(4,30)31)21-12-10-20(24)11-13-21/h6-13,18H,5,14-16H2,1-4H3,(H,25,29). The van der Waals surface area contributed by atoms with E-state index in [0.29, 0.717) is 12.2 Å². The summed E-state index contributed by atoms with van der Waals surface area (Å²) in [5.74, 6) is -0.736. The lowest BCUT2D eigenvalue weighted by Crippen LogP contribution is -2.51. The maximum absolute atomic E-state index is 13.4. The summed E-state index contributed by atoms with van der Waals surface area (Å²) >= 11 is 3.33. The van der Waals surface area contributed by atoms with Gasteiger partial charge in [-0.15, -0.1) is 0 Å². The minimum absolute atomic E-state index is 0.192. The zero-order chi connectivity index (χ0) is 23.9. The van der Waals surface area contributed by atoms with E-state index in [2.05, 4.69) is 21.2 Å². The van der Waals surface area contributed by atoms with E-state index in [-0.39, 0.29) is 12.5 Å². The number of hydrogen-bond acceptors (Lipinski definition) is 4. The van der Waals surface area contributed by atoms with Crippen LogP contribution in [-0.4, -0.2) is 50.5 Å². The molecule has 0 heterocycles. The van der Waals surface area contributed by atoms with Crippen LogP contribution in [0.2, 0.25) is 0 Å². The first-order chi connectivity index (χ1) is 15.0. The van der Waals surface area contributed by atoms with E-state index in [1.165, 1.54) is 4.90 Å². The van der Waals surface area contributed by atoms with E-state index in [1.54, 1.807) is 31.2 Å². The summed E-state index contributed by atoms with van der Waals surface area (Å²) in [5.41, 5.74) is 2.31. The van der Waals surface area contributed by atoms with Crippen LogP contribution in [-0.2, 0) is 26.2 Å². The smallest absolute Gasteiger partial charge is 0.244 e. The van der Waals surface area contributed by atoms with Gasteiger partial charge in [-0.2, -0.15) is 0 Å². The van der Waals surface area contributed by atoms with Crippen LogP contribution in [0.4, 0.5) is 5.69 Å².